The smallest absolute Gasteiger partial charge is 0.341 e. The Bertz CT molecular complexity index is 532. The zero-order valence-electron chi connectivity index (χ0n) is 8.04. The molecule has 0 heterocycles. The summed E-state index contributed by atoms with van der Waals surface area (Å²) in [4.78, 5) is 10.4. The first-order chi connectivity index (χ1) is 7.27. The van der Waals surface area contributed by atoms with Crippen molar-refractivity contribution in [3.8, 4) is 11.5 Å². The van der Waals surface area contributed by atoms with E-state index in [0.717, 1.165) is 7.11 Å². The van der Waals surface area contributed by atoms with Crippen LogP contribution < -0.4 is 0 Å². The summed E-state index contributed by atoms with van der Waals surface area (Å²) in [6.07, 6.45) is 0. The molecule has 3 N–H and O–H groups in total. The van der Waals surface area contributed by atoms with Crippen molar-refractivity contribution in [3.63, 3.8) is 0 Å². The first-order valence-corrected chi connectivity index (χ1v) is 5.33. The van der Waals surface area contributed by atoms with Crippen molar-refractivity contribution in [2.24, 2.45) is 0 Å². The van der Waals surface area contributed by atoms with Crippen molar-refractivity contribution < 1.29 is 32.7 Å². The number of ether oxygens (including phenoxy) is 1. The number of phenols is 2. The predicted octanol–water partition coefficient (Wildman–Crippen LogP) is 0.131. The fourth-order valence-corrected chi connectivity index (χ4v) is 1.54. The van der Waals surface area contributed by atoms with Gasteiger partial charge in [0.1, 0.15) is 5.56 Å². The van der Waals surface area contributed by atoms with Gasteiger partial charge in [0.25, 0.3) is 10.1 Å². The van der Waals surface area contributed by atoms with Crippen LogP contribution in [0.5, 0.6) is 11.5 Å². The lowest BCUT2D eigenvalue weighted by Crippen LogP contribution is -2.05. The summed E-state index contributed by atoms with van der Waals surface area (Å²) in [7, 11) is -3.57. The predicted molar refractivity (Wildman–Crippen MR) is 50.9 cm³/mol. The van der Waals surface area contributed by atoms with E-state index < -0.39 is 38.0 Å². The molecular formula is C8H8O7S. The molecule has 0 aliphatic heterocycles. The number of esters is 1. The van der Waals surface area contributed by atoms with Gasteiger partial charge >= 0.3 is 5.97 Å². The highest BCUT2D eigenvalue weighted by atomic mass is 32.2. The number of hydrogen-bond acceptors (Lipinski definition) is 6. The van der Waals surface area contributed by atoms with Crippen LogP contribution in [-0.2, 0) is 14.9 Å². The van der Waals surface area contributed by atoms with Crippen LogP contribution in [-0.4, -0.2) is 36.3 Å². The highest BCUT2D eigenvalue weighted by Crippen LogP contribution is 2.32. The third-order valence-corrected chi connectivity index (χ3v) is 2.60. The minimum Gasteiger partial charge on any atom is -0.504 e. The van der Waals surface area contributed by atoms with E-state index in [2.05, 4.69) is 4.74 Å². The third kappa shape index (κ3) is 2.23. The minimum atomic E-state index is -4.59. The Balaban J connectivity index is 3.51. The number of phenolic OH excluding ortho intramolecular Hbond substituents is 2. The lowest BCUT2D eigenvalue weighted by molar-refractivity contribution is 0.0596. The van der Waals surface area contributed by atoms with Crippen LogP contribution in [0, 0.1) is 0 Å². The first kappa shape index (κ1) is 12.3. The topological polar surface area (TPSA) is 121 Å². The SMILES string of the molecule is COC(=O)c1cc(S(=O)(=O)O)cc(O)c1O. The van der Waals surface area contributed by atoms with Gasteiger partial charge in [-0.1, -0.05) is 0 Å². The van der Waals surface area contributed by atoms with Crippen molar-refractivity contribution in [1.29, 1.82) is 0 Å². The zero-order valence-corrected chi connectivity index (χ0v) is 8.85. The van der Waals surface area contributed by atoms with Crippen LogP contribution in [0.1, 0.15) is 10.4 Å². The van der Waals surface area contributed by atoms with Gasteiger partial charge in [0.2, 0.25) is 0 Å². The van der Waals surface area contributed by atoms with Gasteiger partial charge in [-0.15, -0.1) is 0 Å². The summed E-state index contributed by atoms with van der Waals surface area (Å²) in [6, 6.07) is 1.30. The fraction of sp³-hybridized carbons (Fsp3) is 0.125. The molecule has 16 heavy (non-hydrogen) atoms. The minimum absolute atomic E-state index is 0.560. The number of benzene rings is 1. The second-order valence-corrected chi connectivity index (χ2v) is 4.23. The number of methoxy groups -OCH3 is 1. The molecule has 1 aromatic rings. The van der Waals surface area contributed by atoms with E-state index in [-0.39, 0.29) is 0 Å². The van der Waals surface area contributed by atoms with Crippen LogP contribution in [0.4, 0.5) is 0 Å². The Morgan fingerprint density at radius 1 is 1.31 bits per heavy atom. The summed E-state index contributed by atoms with van der Waals surface area (Å²) in [5.41, 5.74) is -0.560. The Labute approximate surface area is 90.7 Å². The molecule has 88 valence electrons. The molecular weight excluding hydrogens is 240 g/mol. The van der Waals surface area contributed by atoms with E-state index in [1.807, 2.05) is 0 Å². The zero-order chi connectivity index (χ0) is 12.5. The lowest BCUT2D eigenvalue weighted by Gasteiger charge is -2.06. The maximum Gasteiger partial charge on any atom is 0.341 e. The molecule has 0 radical (unpaired) electrons. The molecule has 0 aliphatic carbocycles. The monoisotopic (exact) mass is 248 g/mol. The van der Waals surface area contributed by atoms with Crippen LogP contribution in [0.25, 0.3) is 0 Å². The fourth-order valence-electron chi connectivity index (χ4n) is 1.01. The Morgan fingerprint density at radius 3 is 2.31 bits per heavy atom. The van der Waals surface area contributed by atoms with E-state index in [1.165, 1.54) is 0 Å². The van der Waals surface area contributed by atoms with E-state index in [0.29, 0.717) is 12.1 Å². The van der Waals surface area contributed by atoms with Gasteiger partial charge in [-0.3, -0.25) is 4.55 Å². The Hall–Kier alpha value is -1.80. The third-order valence-electron chi connectivity index (χ3n) is 1.77. The van der Waals surface area contributed by atoms with Gasteiger partial charge in [0.05, 0.1) is 12.0 Å². The normalized spacial score (nSPS) is 11.1. The summed E-state index contributed by atoms with van der Waals surface area (Å²) < 4.78 is 34.5. The van der Waals surface area contributed by atoms with E-state index in [1.54, 1.807) is 0 Å². The van der Waals surface area contributed by atoms with Crippen molar-refractivity contribution in [3.05, 3.63) is 17.7 Å². The first-order valence-electron chi connectivity index (χ1n) is 3.89. The van der Waals surface area contributed by atoms with Crippen LogP contribution in [0.3, 0.4) is 0 Å². The molecule has 0 spiro atoms. The van der Waals surface area contributed by atoms with Gasteiger partial charge in [-0.05, 0) is 6.07 Å². The molecule has 0 saturated carbocycles. The Morgan fingerprint density at radius 2 is 1.88 bits per heavy atom. The van der Waals surface area contributed by atoms with E-state index >= 15 is 0 Å². The number of aromatic hydroxyl groups is 2. The van der Waals surface area contributed by atoms with Crippen LogP contribution in [0.15, 0.2) is 17.0 Å². The van der Waals surface area contributed by atoms with Crippen molar-refractivity contribution in [1.82, 2.24) is 0 Å². The summed E-state index contributed by atoms with van der Waals surface area (Å²) in [5.74, 6) is -2.71. The summed E-state index contributed by atoms with van der Waals surface area (Å²) in [5, 5.41) is 18.4. The second kappa shape index (κ2) is 3.99. The van der Waals surface area contributed by atoms with Gasteiger partial charge in [0.15, 0.2) is 11.5 Å². The molecule has 0 saturated heterocycles. The molecule has 0 aliphatic rings. The number of hydrogen-bond donors (Lipinski definition) is 3. The number of rotatable bonds is 2. The van der Waals surface area contributed by atoms with Crippen molar-refractivity contribution in [2.75, 3.05) is 7.11 Å². The average Bonchev–Trinajstić information content (AvgIpc) is 2.19. The van der Waals surface area contributed by atoms with Gasteiger partial charge in [-0.2, -0.15) is 8.42 Å². The molecule has 0 unspecified atom stereocenters. The second-order valence-electron chi connectivity index (χ2n) is 2.81. The number of carbonyl (C=O) groups excluding carboxylic acids is 1. The Kier molecular flexibility index (Phi) is 3.06. The lowest BCUT2D eigenvalue weighted by atomic mass is 10.2. The van der Waals surface area contributed by atoms with Gasteiger partial charge in [-0.25, -0.2) is 4.79 Å². The van der Waals surface area contributed by atoms with E-state index in [4.69, 9.17) is 9.66 Å². The average molecular weight is 248 g/mol. The molecule has 0 atom stereocenters. The van der Waals surface area contributed by atoms with Gasteiger partial charge in [0, 0.05) is 6.07 Å². The molecule has 8 heteroatoms. The quantitative estimate of drug-likeness (QED) is 0.386. The maximum absolute atomic E-state index is 11.1. The van der Waals surface area contributed by atoms with Crippen LogP contribution in [0.2, 0.25) is 0 Å². The highest BCUT2D eigenvalue weighted by Gasteiger charge is 2.21. The largest absolute Gasteiger partial charge is 0.504 e. The molecule has 7 nitrogen and oxygen atoms in total. The van der Waals surface area contributed by atoms with Crippen molar-refractivity contribution >= 4 is 16.1 Å². The highest BCUT2D eigenvalue weighted by molar-refractivity contribution is 7.85. The van der Waals surface area contributed by atoms with Crippen molar-refractivity contribution in [2.45, 2.75) is 4.90 Å². The molecule has 0 amide bonds. The molecule has 0 bridgehead atoms. The summed E-state index contributed by atoms with van der Waals surface area (Å²) in [6.45, 7) is 0. The molecule has 0 fully saturated rings. The number of carbonyl (C=O) groups is 1. The summed E-state index contributed by atoms with van der Waals surface area (Å²) >= 11 is 0. The van der Waals surface area contributed by atoms with Crippen LogP contribution >= 0.6 is 0 Å². The maximum atomic E-state index is 11.1. The molecule has 0 aromatic heterocycles. The van der Waals surface area contributed by atoms with Gasteiger partial charge < -0.3 is 14.9 Å². The van der Waals surface area contributed by atoms with E-state index in [9.17, 15) is 18.3 Å². The molecule has 1 rings (SSSR count). The molecule has 1 aromatic carbocycles. The standard InChI is InChI=1S/C8H8O7S/c1-15-8(11)5-2-4(16(12,13)14)3-6(9)7(5)10/h2-3,9-10H,1H3,(H,12,13,14).